The second kappa shape index (κ2) is 8.14. The van der Waals surface area contributed by atoms with E-state index in [2.05, 4.69) is 46.3 Å². The van der Waals surface area contributed by atoms with E-state index in [1.54, 1.807) is 4.90 Å². The molecule has 1 fully saturated rings. The van der Waals surface area contributed by atoms with Crippen LogP contribution in [-0.2, 0) is 17.1 Å². The number of aromatic nitrogens is 4. The van der Waals surface area contributed by atoms with Crippen LogP contribution in [0.15, 0.2) is 38.4 Å². The molecule has 3 heterocycles. The zero-order valence-corrected chi connectivity index (χ0v) is 16.6. The van der Waals surface area contributed by atoms with Gasteiger partial charge in [0.15, 0.2) is 0 Å². The van der Waals surface area contributed by atoms with Crippen molar-refractivity contribution in [3.63, 3.8) is 0 Å². The molecule has 8 nitrogen and oxygen atoms in total. The molecule has 0 aliphatic carbocycles. The highest BCUT2D eigenvalue weighted by atomic mass is 32.2. The molecule has 0 N–H and O–H groups in total. The Morgan fingerprint density at radius 3 is 2.71 bits per heavy atom. The number of hydrogen-bond donors (Lipinski definition) is 0. The number of likely N-dealkylation sites (tertiary alicyclic amines) is 1. The molecule has 4 rings (SSSR count). The minimum atomic E-state index is 0.132. The van der Waals surface area contributed by atoms with Gasteiger partial charge in [-0.25, -0.2) is 0 Å². The summed E-state index contributed by atoms with van der Waals surface area (Å²) >= 11 is 1.33. The summed E-state index contributed by atoms with van der Waals surface area (Å²) in [7, 11) is 0. The van der Waals surface area contributed by atoms with Crippen molar-refractivity contribution in [3.05, 3.63) is 41.6 Å². The third kappa shape index (κ3) is 4.24. The predicted molar refractivity (Wildman–Crippen MR) is 102 cm³/mol. The summed E-state index contributed by atoms with van der Waals surface area (Å²) in [6.07, 6.45) is 1.48. The van der Waals surface area contributed by atoms with Gasteiger partial charge < -0.3 is 13.8 Å². The van der Waals surface area contributed by atoms with E-state index in [-0.39, 0.29) is 5.91 Å². The maximum absolute atomic E-state index is 11.7. The molecule has 1 aromatic carbocycles. The second-order valence-corrected chi connectivity index (χ2v) is 7.88. The average Bonchev–Trinajstić information content (AvgIpc) is 3.43. The molecule has 1 aliphatic rings. The van der Waals surface area contributed by atoms with Crippen molar-refractivity contribution in [2.75, 3.05) is 6.54 Å². The van der Waals surface area contributed by atoms with Gasteiger partial charge in [-0.15, -0.1) is 10.2 Å². The zero-order chi connectivity index (χ0) is 19.5. The number of carbonyl (C=O) groups excluding carboxylic acids is 1. The number of carbonyl (C=O) groups is 1. The number of rotatable bonds is 7. The fraction of sp³-hybridized carbons (Fsp3) is 0.421. The summed E-state index contributed by atoms with van der Waals surface area (Å²) in [6, 6.07) is 8.16. The molecule has 1 saturated heterocycles. The van der Waals surface area contributed by atoms with E-state index in [9.17, 15) is 4.79 Å². The topological polar surface area (TPSA) is 98.2 Å². The SMILES string of the molecule is CC(C)c1ccc(-c2noc(CSc3nnc(CN4CCCC4=O)o3)n2)cc1. The predicted octanol–water partition coefficient (Wildman–Crippen LogP) is 3.66. The molecule has 0 bridgehead atoms. The van der Waals surface area contributed by atoms with Gasteiger partial charge in [0.25, 0.3) is 5.22 Å². The summed E-state index contributed by atoms with van der Waals surface area (Å²) in [6.45, 7) is 5.42. The molecule has 2 aromatic heterocycles. The first-order valence-corrected chi connectivity index (χ1v) is 10.2. The second-order valence-electron chi connectivity index (χ2n) is 6.96. The molecule has 0 atom stereocenters. The number of benzene rings is 1. The van der Waals surface area contributed by atoms with Gasteiger partial charge in [0.05, 0.1) is 12.3 Å². The Bertz CT molecular complexity index is 951. The maximum Gasteiger partial charge on any atom is 0.277 e. The van der Waals surface area contributed by atoms with Crippen molar-refractivity contribution >= 4 is 17.7 Å². The summed E-state index contributed by atoms with van der Waals surface area (Å²) in [5.41, 5.74) is 2.19. The lowest BCUT2D eigenvalue weighted by Gasteiger charge is -2.11. The van der Waals surface area contributed by atoms with E-state index in [1.807, 2.05) is 12.1 Å². The molecule has 3 aromatic rings. The average molecular weight is 399 g/mol. The van der Waals surface area contributed by atoms with E-state index in [1.165, 1.54) is 17.3 Å². The fourth-order valence-corrected chi connectivity index (χ4v) is 3.58. The Morgan fingerprint density at radius 1 is 1.18 bits per heavy atom. The largest absolute Gasteiger partial charge is 0.414 e. The first-order chi connectivity index (χ1) is 13.6. The Balaban J connectivity index is 1.34. The van der Waals surface area contributed by atoms with Crippen LogP contribution >= 0.6 is 11.8 Å². The molecule has 0 radical (unpaired) electrons. The zero-order valence-electron chi connectivity index (χ0n) is 15.8. The Morgan fingerprint density at radius 2 is 2.00 bits per heavy atom. The lowest BCUT2D eigenvalue weighted by Crippen LogP contribution is -2.23. The summed E-state index contributed by atoms with van der Waals surface area (Å²) in [5, 5.41) is 12.5. The van der Waals surface area contributed by atoms with Crippen molar-refractivity contribution in [2.45, 2.75) is 50.1 Å². The third-order valence-corrected chi connectivity index (χ3v) is 5.37. The highest BCUT2D eigenvalue weighted by Crippen LogP contribution is 2.24. The lowest BCUT2D eigenvalue weighted by molar-refractivity contribution is -0.128. The smallest absolute Gasteiger partial charge is 0.277 e. The molecule has 1 amide bonds. The van der Waals surface area contributed by atoms with Gasteiger partial charge in [-0.2, -0.15) is 4.98 Å². The van der Waals surface area contributed by atoms with Crippen LogP contribution in [0.5, 0.6) is 0 Å². The fourth-order valence-electron chi connectivity index (χ4n) is 2.97. The minimum Gasteiger partial charge on any atom is -0.414 e. The van der Waals surface area contributed by atoms with Gasteiger partial charge in [-0.05, 0) is 17.9 Å². The number of amides is 1. The Labute approximate surface area is 166 Å². The molecule has 0 unspecified atom stereocenters. The standard InChI is InChI=1S/C19H21N5O3S/c1-12(2)13-5-7-14(8-6-13)18-20-16(27-23-18)11-28-19-22-21-15(26-19)10-24-9-3-4-17(24)25/h5-8,12H,3-4,9-11H2,1-2H3. The van der Waals surface area contributed by atoms with Gasteiger partial charge in [0, 0.05) is 18.5 Å². The van der Waals surface area contributed by atoms with Crippen LogP contribution < -0.4 is 0 Å². The van der Waals surface area contributed by atoms with Gasteiger partial charge in [-0.1, -0.05) is 55.0 Å². The number of nitrogens with zero attached hydrogens (tertiary/aromatic N) is 5. The number of thioether (sulfide) groups is 1. The van der Waals surface area contributed by atoms with Crippen molar-refractivity contribution in [3.8, 4) is 11.4 Å². The third-order valence-electron chi connectivity index (χ3n) is 4.57. The normalized spacial score (nSPS) is 14.4. The highest BCUT2D eigenvalue weighted by molar-refractivity contribution is 7.98. The summed E-state index contributed by atoms with van der Waals surface area (Å²) in [4.78, 5) is 17.8. The van der Waals surface area contributed by atoms with Crippen LogP contribution in [0.4, 0.5) is 0 Å². The first kappa shape index (κ1) is 18.7. The highest BCUT2D eigenvalue weighted by Gasteiger charge is 2.22. The van der Waals surface area contributed by atoms with Crippen molar-refractivity contribution in [2.24, 2.45) is 0 Å². The van der Waals surface area contributed by atoms with Crippen LogP contribution in [0.1, 0.15) is 50.0 Å². The quantitative estimate of drug-likeness (QED) is 0.555. The van der Waals surface area contributed by atoms with Gasteiger partial charge >= 0.3 is 0 Å². The Kier molecular flexibility index (Phi) is 5.43. The van der Waals surface area contributed by atoms with Crippen LogP contribution in [0, 0.1) is 0 Å². The van der Waals surface area contributed by atoms with Crippen molar-refractivity contribution in [1.82, 2.24) is 25.2 Å². The van der Waals surface area contributed by atoms with E-state index < -0.39 is 0 Å². The molecule has 0 saturated carbocycles. The van der Waals surface area contributed by atoms with Gasteiger partial charge in [0.2, 0.25) is 23.5 Å². The van der Waals surface area contributed by atoms with E-state index in [0.29, 0.717) is 47.5 Å². The van der Waals surface area contributed by atoms with Gasteiger partial charge in [0.1, 0.15) is 0 Å². The van der Waals surface area contributed by atoms with E-state index in [4.69, 9.17) is 8.94 Å². The Hall–Kier alpha value is -2.68. The van der Waals surface area contributed by atoms with Crippen LogP contribution in [-0.4, -0.2) is 37.7 Å². The number of hydrogen-bond acceptors (Lipinski definition) is 8. The van der Waals surface area contributed by atoms with Crippen LogP contribution in [0.3, 0.4) is 0 Å². The summed E-state index contributed by atoms with van der Waals surface area (Å²) < 4.78 is 10.9. The first-order valence-electron chi connectivity index (χ1n) is 9.24. The molecule has 0 spiro atoms. The van der Waals surface area contributed by atoms with Crippen molar-refractivity contribution in [1.29, 1.82) is 0 Å². The molecular formula is C19H21N5O3S. The maximum atomic E-state index is 11.7. The lowest BCUT2D eigenvalue weighted by atomic mass is 10.0. The van der Waals surface area contributed by atoms with Crippen molar-refractivity contribution < 1.29 is 13.7 Å². The minimum absolute atomic E-state index is 0.132. The summed E-state index contributed by atoms with van der Waals surface area (Å²) in [5.74, 6) is 2.53. The van der Waals surface area contributed by atoms with Gasteiger partial charge in [-0.3, -0.25) is 4.79 Å². The molecule has 9 heteroatoms. The van der Waals surface area contributed by atoms with E-state index >= 15 is 0 Å². The van der Waals surface area contributed by atoms with Crippen LogP contribution in [0.25, 0.3) is 11.4 Å². The van der Waals surface area contributed by atoms with E-state index in [0.717, 1.165) is 18.5 Å². The molecular weight excluding hydrogens is 378 g/mol. The molecule has 146 valence electrons. The molecule has 1 aliphatic heterocycles. The monoisotopic (exact) mass is 399 g/mol. The van der Waals surface area contributed by atoms with Crippen LogP contribution in [0.2, 0.25) is 0 Å². The molecule has 28 heavy (non-hydrogen) atoms.